The summed E-state index contributed by atoms with van der Waals surface area (Å²) in [4.78, 5) is 9.40. The maximum absolute atomic E-state index is 10.4. The zero-order valence-corrected chi connectivity index (χ0v) is 19.1. The molecule has 148 valence electrons. The van der Waals surface area contributed by atoms with Gasteiger partial charge in [0.05, 0.1) is 17.6 Å². The van der Waals surface area contributed by atoms with E-state index < -0.39 is 6.10 Å². The van der Waals surface area contributed by atoms with Crippen molar-refractivity contribution in [2.75, 3.05) is 44.2 Å². The van der Waals surface area contributed by atoms with Gasteiger partial charge in [0.2, 0.25) is 0 Å². The fraction of sp³-hybridized carbons (Fsp3) is 0.450. The summed E-state index contributed by atoms with van der Waals surface area (Å²) in [5, 5.41) is 17.3. The largest absolute Gasteiger partial charge is 0.386 e. The maximum atomic E-state index is 10.4. The zero-order chi connectivity index (χ0) is 18.4. The highest BCUT2D eigenvalue weighted by molar-refractivity contribution is 14.0. The molecule has 1 aliphatic rings. The summed E-state index contributed by atoms with van der Waals surface area (Å²) >= 11 is 1.79. The van der Waals surface area contributed by atoms with Gasteiger partial charge in [0, 0.05) is 32.7 Å². The van der Waals surface area contributed by atoms with Gasteiger partial charge in [-0.15, -0.1) is 35.3 Å². The minimum atomic E-state index is -0.573. The number of nitrogens with one attached hydrogen (secondary N) is 1. The van der Waals surface area contributed by atoms with Crippen LogP contribution in [-0.4, -0.2) is 55.2 Å². The van der Waals surface area contributed by atoms with Crippen molar-refractivity contribution in [2.24, 2.45) is 4.99 Å². The molecule has 0 bridgehead atoms. The summed E-state index contributed by atoms with van der Waals surface area (Å²) in [6.07, 6.45) is -0.573. The van der Waals surface area contributed by atoms with Crippen LogP contribution in [0.15, 0.2) is 46.8 Å². The molecule has 3 rings (SSSR count). The SMILES string of the molecule is CCNC(=NCC(O)c1ccc(C)cc1)N1CCN(c2cccs2)CC1.I. The molecular formula is C20H29IN4OS. The summed E-state index contributed by atoms with van der Waals surface area (Å²) in [7, 11) is 0. The summed E-state index contributed by atoms with van der Waals surface area (Å²) < 4.78 is 0. The number of benzene rings is 1. The van der Waals surface area contributed by atoms with Crippen LogP contribution < -0.4 is 10.2 Å². The molecule has 1 unspecified atom stereocenters. The van der Waals surface area contributed by atoms with E-state index in [0.29, 0.717) is 6.54 Å². The van der Waals surface area contributed by atoms with Gasteiger partial charge in [-0.3, -0.25) is 4.99 Å². The Balaban J connectivity index is 0.00000261. The molecule has 0 aliphatic carbocycles. The second-order valence-corrected chi connectivity index (χ2v) is 7.47. The van der Waals surface area contributed by atoms with Crippen LogP contribution in [0.2, 0.25) is 0 Å². The van der Waals surface area contributed by atoms with E-state index in [0.717, 1.165) is 44.2 Å². The Morgan fingerprint density at radius 2 is 1.89 bits per heavy atom. The van der Waals surface area contributed by atoms with E-state index in [1.54, 1.807) is 11.3 Å². The van der Waals surface area contributed by atoms with Gasteiger partial charge in [0.1, 0.15) is 0 Å². The van der Waals surface area contributed by atoms with Crippen LogP contribution in [0.25, 0.3) is 0 Å². The molecule has 5 nitrogen and oxygen atoms in total. The number of guanidine groups is 1. The first-order chi connectivity index (χ1) is 12.7. The van der Waals surface area contributed by atoms with Gasteiger partial charge in [0.25, 0.3) is 0 Å². The number of aliphatic imine (C=N–C) groups is 1. The van der Waals surface area contributed by atoms with E-state index in [4.69, 9.17) is 0 Å². The average molecular weight is 500 g/mol. The molecule has 27 heavy (non-hydrogen) atoms. The molecule has 2 aromatic rings. The van der Waals surface area contributed by atoms with Crippen molar-refractivity contribution >= 4 is 46.3 Å². The van der Waals surface area contributed by atoms with Gasteiger partial charge in [-0.25, -0.2) is 0 Å². The van der Waals surface area contributed by atoms with Crippen molar-refractivity contribution in [1.82, 2.24) is 10.2 Å². The Bertz CT molecular complexity index is 697. The van der Waals surface area contributed by atoms with Gasteiger partial charge in [-0.05, 0) is 36.9 Å². The molecule has 0 saturated carbocycles. The number of hydrogen-bond donors (Lipinski definition) is 2. The molecule has 1 saturated heterocycles. The number of aliphatic hydroxyl groups is 1. The van der Waals surface area contributed by atoms with Crippen LogP contribution in [0.5, 0.6) is 0 Å². The minimum Gasteiger partial charge on any atom is -0.386 e. The fourth-order valence-electron chi connectivity index (χ4n) is 3.08. The molecule has 1 aliphatic heterocycles. The van der Waals surface area contributed by atoms with Crippen molar-refractivity contribution in [3.8, 4) is 0 Å². The maximum Gasteiger partial charge on any atom is 0.194 e. The molecule has 0 amide bonds. The monoisotopic (exact) mass is 500 g/mol. The van der Waals surface area contributed by atoms with Gasteiger partial charge in [-0.1, -0.05) is 29.8 Å². The number of nitrogens with zero attached hydrogens (tertiary/aromatic N) is 3. The lowest BCUT2D eigenvalue weighted by molar-refractivity contribution is 0.186. The van der Waals surface area contributed by atoms with Crippen LogP contribution in [0, 0.1) is 6.92 Å². The van der Waals surface area contributed by atoms with E-state index in [9.17, 15) is 5.11 Å². The van der Waals surface area contributed by atoms with Crippen LogP contribution in [0.3, 0.4) is 0 Å². The van der Waals surface area contributed by atoms with Crippen molar-refractivity contribution in [1.29, 1.82) is 0 Å². The number of rotatable bonds is 5. The van der Waals surface area contributed by atoms with Crippen LogP contribution in [0.4, 0.5) is 5.00 Å². The van der Waals surface area contributed by atoms with Crippen molar-refractivity contribution in [3.63, 3.8) is 0 Å². The first-order valence-corrected chi connectivity index (χ1v) is 10.1. The van der Waals surface area contributed by atoms with Crippen molar-refractivity contribution in [3.05, 3.63) is 52.9 Å². The number of halogens is 1. The number of anilines is 1. The first-order valence-electron chi connectivity index (χ1n) is 9.23. The Labute approximate surface area is 183 Å². The third-order valence-electron chi connectivity index (χ3n) is 4.61. The number of aliphatic hydroxyl groups excluding tert-OH is 1. The number of piperazine rings is 1. The Morgan fingerprint density at radius 1 is 1.19 bits per heavy atom. The predicted octanol–water partition coefficient (Wildman–Crippen LogP) is 3.50. The molecule has 1 aromatic carbocycles. The standard InChI is InChI=1S/C20H28N4OS.HI/c1-3-21-20(22-15-18(25)17-8-6-16(2)7-9-17)24-12-10-23(11-13-24)19-5-4-14-26-19;/h4-9,14,18,25H,3,10-13,15H2,1-2H3,(H,21,22);1H. The summed E-state index contributed by atoms with van der Waals surface area (Å²) in [6, 6.07) is 12.3. The second kappa shape index (κ2) is 10.9. The average Bonchev–Trinajstić information content (AvgIpc) is 3.20. The number of thiophene rings is 1. The second-order valence-electron chi connectivity index (χ2n) is 6.55. The topological polar surface area (TPSA) is 51.1 Å². The normalized spacial score (nSPS) is 16.0. The molecule has 7 heteroatoms. The molecule has 2 N–H and O–H groups in total. The highest BCUT2D eigenvalue weighted by Crippen LogP contribution is 2.22. The lowest BCUT2D eigenvalue weighted by Gasteiger charge is -2.37. The van der Waals surface area contributed by atoms with Crippen molar-refractivity contribution < 1.29 is 5.11 Å². The highest BCUT2D eigenvalue weighted by atomic mass is 127. The van der Waals surface area contributed by atoms with E-state index in [-0.39, 0.29) is 24.0 Å². The number of aryl methyl sites for hydroxylation is 1. The van der Waals surface area contributed by atoms with E-state index in [1.807, 2.05) is 31.2 Å². The van der Waals surface area contributed by atoms with E-state index in [1.165, 1.54) is 10.6 Å². The summed E-state index contributed by atoms with van der Waals surface area (Å²) in [6.45, 7) is 9.17. The third-order valence-corrected chi connectivity index (χ3v) is 5.54. The molecule has 1 fully saturated rings. The third kappa shape index (κ3) is 6.08. The van der Waals surface area contributed by atoms with Crippen molar-refractivity contribution in [2.45, 2.75) is 20.0 Å². The smallest absolute Gasteiger partial charge is 0.194 e. The van der Waals surface area contributed by atoms with Gasteiger partial charge in [0.15, 0.2) is 5.96 Å². The highest BCUT2D eigenvalue weighted by Gasteiger charge is 2.20. The fourth-order valence-corrected chi connectivity index (χ4v) is 3.87. The Hall–Kier alpha value is -1.32. The Morgan fingerprint density at radius 3 is 2.48 bits per heavy atom. The lowest BCUT2D eigenvalue weighted by Crippen LogP contribution is -2.52. The quantitative estimate of drug-likeness (QED) is 0.375. The van der Waals surface area contributed by atoms with E-state index >= 15 is 0 Å². The molecule has 2 heterocycles. The molecule has 0 radical (unpaired) electrons. The minimum absolute atomic E-state index is 0. The predicted molar refractivity (Wildman–Crippen MR) is 126 cm³/mol. The summed E-state index contributed by atoms with van der Waals surface area (Å²) in [5.74, 6) is 0.893. The Kier molecular flexibility index (Phi) is 8.85. The van der Waals surface area contributed by atoms with Crippen LogP contribution in [0.1, 0.15) is 24.2 Å². The van der Waals surface area contributed by atoms with Gasteiger partial charge >= 0.3 is 0 Å². The molecule has 0 spiro atoms. The summed E-state index contributed by atoms with van der Waals surface area (Å²) in [5.41, 5.74) is 2.11. The molecular weight excluding hydrogens is 471 g/mol. The zero-order valence-electron chi connectivity index (χ0n) is 16.0. The lowest BCUT2D eigenvalue weighted by atomic mass is 10.1. The first kappa shape index (κ1) is 22.0. The molecule has 1 atom stereocenters. The van der Waals surface area contributed by atoms with E-state index in [2.05, 4.69) is 44.5 Å². The van der Waals surface area contributed by atoms with Crippen LogP contribution >= 0.6 is 35.3 Å². The van der Waals surface area contributed by atoms with Crippen LogP contribution in [-0.2, 0) is 0 Å². The van der Waals surface area contributed by atoms with Gasteiger partial charge < -0.3 is 20.2 Å². The van der Waals surface area contributed by atoms with Gasteiger partial charge in [-0.2, -0.15) is 0 Å². The number of hydrogen-bond acceptors (Lipinski definition) is 4. The molecule has 1 aromatic heterocycles.